The van der Waals surface area contributed by atoms with Crippen LogP contribution in [-0.2, 0) is 0 Å². The number of unbranched alkanes of at least 4 members (excludes halogenated alkanes) is 18. The molecule has 38 heavy (non-hydrogen) atoms. The minimum Gasteiger partial charge on any atom is -1.00 e. The number of quaternary nitrogens is 1. The summed E-state index contributed by atoms with van der Waals surface area (Å²) < 4.78 is 1.45. The molecule has 0 saturated heterocycles. The van der Waals surface area contributed by atoms with Gasteiger partial charge in [-0.3, -0.25) is 0 Å². The Balaban J connectivity index is 0. The molecule has 2 atom stereocenters. The molecule has 0 fully saturated rings. The smallest absolute Gasteiger partial charge is 0.0863 e. The zero-order valence-corrected chi connectivity index (χ0v) is 31.6. The summed E-state index contributed by atoms with van der Waals surface area (Å²) in [7, 11) is 1.36. The van der Waals surface area contributed by atoms with E-state index in [0.717, 1.165) is 6.04 Å². The van der Waals surface area contributed by atoms with Crippen LogP contribution in [-0.4, -0.2) is 40.4 Å². The average Bonchev–Trinajstić information content (AvgIpc) is 2.87. The third-order valence-electron chi connectivity index (χ3n) is 9.36. The van der Waals surface area contributed by atoms with Gasteiger partial charge in [-0.2, -0.15) is 0 Å². The quantitative estimate of drug-likeness (QED) is 0.0451. The molecule has 0 radical (unpaired) electrons. The molecular weight excluding hydrogens is 542 g/mol. The highest BCUT2D eigenvalue weighted by molar-refractivity contribution is 6.14. The normalized spacial score (nSPS) is 14.4. The summed E-state index contributed by atoms with van der Waals surface area (Å²) in [5.74, 6) is 0. The van der Waals surface area contributed by atoms with Gasteiger partial charge in [-0.15, -0.1) is 0 Å². The molecule has 0 amide bonds. The molecule has 0 aromatic carbocycles. The molecule has 0 rings (SSSR count). The number of rotatable bonds is 29. The van der Waals surface area contributed by atoms with E-state index in [1.165, 1.54) is 188 Å². The maximum absolute atomic E-state index is 2.67. The van der Waals surface area contributed by atoms with Crippen LogP contribution in [0.15, 0.2) is 0 Å². The van der Waals surface area contributed by atoms with Crippen LogP contribution in [0.5, 0.6) is 0 Å². The van der Waals surface area contributed by atoms with E-state index in [1.807, 2.05) is 0 Å². The van der Waals surface area contributed by atoms with Gasteiger partial charge in [-0.1, -0.05) is 144 Å². The average molecular weight is 619 g/mol. The van der Waals surface area contributed by atoms with E-state index in [4.69, 9.17) is 0 Å². The zero-order chi connectivity index (χ0) is 27.7. The van der Waals surface area contributed by atoms with Gasteiger partial charge in [0.2, 0.25) is 0 Å². The molecule has 0 N–H and O–H groups in total. The lowest BCUT2D eigenvalue weighted by Gasteiger charge is -2.47. The van der Waals surface area contributed by atoms with E-state index in [-0.39, 0.29) is 17.0 Å². The molecule has 2 unspecified atom stereocenters. The Labute approximate surface area is 257 Å². The molecule has 0 aromatic heterocycles. The Bertz CT molecular complexity index is 436. The first-order chi connectivity index (χ1) is 17.9. The first kappa shape index (κ1) is 40.8. The molecule has 3 heteroatoms. The van der Waals surface area contributed by atoms with E-state index in [9.17, 15) is 0 Å². The first-order valence-corrected chi connectivity index (χ1v) is 18.7. The predicted octanol–water partition coefficient (Wildman–Crippen LogP) is 8.18. The Kier molecular flexibility index (Phi) is 29.9. The maximum atomic E-state index is 2.67. The van der Waals surface area contributed by atoms with Crippen molar-refractivity contribution in [1.29, 1.82) is 0 Å². The van der Waals surface area contributed by atoms with Crippen LogP contribution in [0.2, 0.25) is 5.04 Å². The summed E-state index contributed by atoms with van der Waals surface area (Å²) in [4.78, 5) is 0. The van der Waals surface area contributed by atoms with Crippen molar-refractivity contribution in [3.05, 3.63) is 0 Å². The Morgan fingerprint density at radius 2 is 0.789 bits per heavy atom. The van der Waals surface area contributed by atoms with Crippen molar-refractivity contribution >= 4 is 10.2 Å². The molecule has 232 valence electrons. The molecule has 0 aliphatic rings. The van der Waals surface area contributed by atoms with Crippen molar-refractivity contribution < 1.29 is 21.5 Å². The Hall–Kier alpha value is 0.657. The van der Waals surface area contributed by atoms with Gasteiger partial charge in [-0.05, 0) is 50.5 Å². The van der Waals surface area contributed by atoms with E-state index in [0.29, 0.717) is 5.04 Å². The fourth-order valence-electron chi connectivity index (χ4n) is 6.74. The van der Waals surface area contributed by atoms with Gasteiger partial charge in [-0.25, -0.2) is 0 Å². The van der Waals surface area contributed by atoms with Crippen molar-refractivity contribution in [2.45, 2.75) is 207 Å². The first-order valence-electron chi connectivity index (χ1n) is 17.7. The number of nitrogens with zero attached hydrogens (tertiary/aromatic N) is 1. The van der Waals surface area contributed by atoms with Gasteiger partial charge in [0.1, 0.15) is 0 Å². The standard InChI is InChI=1S/C35H76NSi.BrH/c1-7-11-15-19-20-21-22-23-24-25-29-35(6,37)33-34(5)36(30-26-16-12-8-2,31-27-17-13-9-3)32-28-18-14-10-4;/h34H,7-33H2,1-6,37H3;1H/q+1;/p-1. The van der Waals surface area contributed by atoms with E-state index in [2.05, 4.69) is 41.5 Å². The molecule has 1 nitrogen and oxygen atoms in total. The molecule has 0 aromatic rings. The highest BCUT2D eigenvalue weighted by Gasteiger charge is 2.36. The van der Waals surface area contributed by atoms with E-state index >= 15 is 0 Å². The second-order valence-electron chi connectivity index (χ2n) is 13.7. The van der Waals surface area contributed by atoms with Crippen LogP contribution in [0.1, 0.15) is 196 Å². The van der Waals surface area contributed by atoms with Crippen molar-refractivity contribution in [3.8, 4) is 0 Å². The molecule has 0 saturated carbocycles. The monoisotopic (exact) mass is 617 g/mol. The molecule has 0 spiro atoms. The number of hydrogen-bond acceptors (Lipinski definition) is 0. The second kappa shape index (κ2) is 27.8. The zero-order valence-electron chi connectivity index (χ0n) is 28.0. The summed E-state index contributed by atoms with van der Waals surface area (Å²) in [6, 6.07) is 0.843. The maximum Gasteiger partial charge on any atom is 0.0863 e. The summed E-state index contributed by atoms with van der Waals surface area (Å²) >= 11 is 0. The van der Waals surface area contributed by atoms with Crippen LogP contribution < -0.4 is 17.0 Å². The van der Waals surface area contributed by atoms with Crippen LogP contribution in [0.25, 0.3) is 0 Å². The van der Waals surface area contributed by atoms with E-state index in [1.54, 1.807) is 0 Å². The van der Waals surface area contributed by atoms with Crippen LogP contribution in [0.4, 0.5) is 0 Å². The van der Waals surface area contributed by atoms with Gasteiger partial charge in [0.05, 0.1) is 25.7 Å². The van der Waals surface area contributed by atoms with Gasteiger partial charge in [0.25, 0.3) is 0 Å². The molecule has 0 aliphatic carbocycles. The number of halogens is 1. The second-order valence-corrected chi connectivity index (χ2v) is 16.1. The Morgan fingerprint density at radius 1 is 0.500 bits per heavy atom. The van der Waals surface area contributed by atoms with E-state index < -0.39 is 0 Å². The lowest BCUT2D eigenvalue weighted by atomic mass is 9.91. The topological polar surface area (TPSA) is 0 Å². The van der Waals surface area contributed by atoms with Crippen molar-refractivity contribution in [2.75, 3.05) is 19.6 Å². The van der Waals surface area contributed by atoms with Crippen molar-refractivity contribution in [3.63, 3.8) is 0 Å². The fraction of sp³-hybridized carbons (Fsp3) is 1.00. The lowest BCUT2D eigenvalue weighted by molar-refractivity contribution is -0.950. The summed E-state index contributed by atoms with van der Waals surface area (Å²) in [6.07, 6.45) is 34.7. The van der Waals surface area contributed by atoms with Crippen LogP contribution in [0, 0.1) is 0 Å². The SMILES string of the molecule is CCCCCCCCCCCCC(C)([SiH3])CC(C)[N+](CCCCCC)(CCCCCC)CCCCCC.[Br-]. The van der Waals surface area contributed by atoms with Crippen LogP contribution in [0.3, 0.4) is 0 Å². The Morgan fingerprint density at radius 3 is 1.13 bits per heavy atom. The van der Waals surface area contributed by atoms with Crippen molar-refractivity contribution in [1.82, 2.24) is 0 Å². The van der Waals surface area contributed by atoms with Crippen molar-refractivity contribution in [2.24, 2.45) is 0 Å². The summed E-state index contributed by atoms with van der Waals surface area (Å²) in [5, 5.41) is 0.624. The minimum absolute atomic E-state index is 0. The summed E-state index contributed by atoms with van der Waals surface area (Å²) in [5.41, 5.74) is 0. The van der Waals surface area contributed by atoms with Gasteiger partial charge < -0.3 is 21.5 Å². The third-order valence-corrected chi connectivity index (χ3v) is 10.3. The largest absolute Gasteiger partial charge is 1.00 e. The minimum atomic E-state index is 0. The third kappa shape index (κ3) is 22.4. The van der Waals surface area contributed by atoms with Gasteiger partial charge >= 0.3 is 0 Å². The summed E-state index contributed by atoms with van der Waals surface area (Å²) in [6.45, 7) is 19.1. The molecule has 0 heterocycles. The van der Waals surface area contributed by atoms with Crippen LogP contribution >= 0.6 is 0 Å². The highest BCUT2D eigenvalue weighted by atomic mass is 79.9. The lowest BCUT2D eigenvalue weighted by Crippen LogP contribution is -3.00. The fourth-order valence-corrected chi connectivity index (χ4v) is 7.69. The highest BCUT2D eigenvalue weighted by Crippen LogP contribution is 2.38. The molecule has 0 aliphatic heterocycles. The number of hydrogen-bond donors (Lipinski definition) is 0. The van der Waals surface area contributed by atoms with Gasteiger partial charge in [0.15, 0.2) is 0 Å². The molecule has 0 bridgehead atoms. The predicted molar refractivity (Wildman–Crippen MR) is 176 cm³/mol. The molecular formula is C35H76BrNSi. The van der Waals surface area contributed by atoms with Gasteiger partial charge in [0, 0.05) is 16.7 Å².